The van der Waals surface area contributed by atoms with Crippen LogP contribution in [-0.2, 0) is 0 Å². The average Bonchev–Trinajstić information content (AvgIpc) is 3.12. The number of pyridine rings is 1. The lowest BCUT2D eigenvalue weighted by Crippen LogP contribution is -2.47. The second-order valence-electron chi connectivity index (χ2n) is 8.80. The zero-order valence-electron chi connectivity index (χ0n) is 17.5. The Balaban J connectivity index is 1.31. The Hall–Kier alpha value is -2.35. The number of aliphatic hydroxyl groups excluding tert-OH is 1. The van der Waals surface area contributed by atoms with Crippen molar-refractivity contribution in [3.05, 3.63) is 34.9 Å². The maximum Gasteiger partial charge on any atom is 0.297 e. The summed E-state index contributed by atoms with van der Waals surface area (Å²) >= 11 is 6.03. The van der Waals surface area contributed by atoms with Crippen molar-refractivity contribution in [3.63, 3.8) is 0 Å². The number of aryl methyl sites for hydroxylation is 1. The standard InChI is InChI=1S/C23H27ClN4O3/c1-13-9-15(24)10-19(30)21(13)17-5-7-20-22(26-17)27-23(31-20)25-16-3-2-8-28(12-16)11-14-4-6-18(14)29/h5,7,9-10,14,16,18,29-30H,2-4,6,8,11-12H2,1H3,(H,25,26,27)/t14?,16-,18?/m1/s1. The van der Waals surface area contributed by atoms with E-state index in [1.807, 2.05) is 19.1 Å². The molecule has 1 aromatic carbocycles. The number of nitrogens with one attached hydrogen (secondary N) is 1. The van der Waals surface area contributed by atoms with Crippen LogP contribution < -0.4 is 5.32 Å². The van der Waals surface area contributed by atoms with Gasteiger partial charge in [0.15, 0.2) is 5.58 Å². The maximum absolute atomic E-state index is 10.3. The molecular formula is C23H27ClN4O3. The average molecular weight is 443 g/mol. The molecule has 5 rings (SSSR count). The first-order chi connectivity index (χ1) is 15.0. The van der Waals surface area contributed by atoms with Crippen molar-refractivity contribution in [3.8, 4) is 17.0 Å². The number of aliphatic hydroxyl groups is 1. The van der Waals surface area contributed by atoms with Crippen LogP contribution in [0, 0.1) is 12.8 Å². The highest BCUT2D eigenvalue weighted by molar-refractivity contribution is 6.31. The molecule has 1 aliphatic heterocycles. The Morgan fingerprint density at radius 3 is 2.84 bits per heavy atom. The van der Waals surface area contributed by atoms with E-state index >= 15 is 0 Å². The molecular weight excluding hydrogens is 416 g/mol. The van der Waals surface area contributed by atoms with E-state index in [1.165, 1.54) is 6.07 Å². The third-order valence-corrected chi connectivity index (χ3v) is 6.71. The van der Waals surface area contributed by atoms with Gasteiger partial charge in [0.2, 0.25) is 5.65 Å². The molecule has 3 N–H and O–H groups in total. The summed E-state index contributed by atoms with van der Waals surface area (Å²) in [5.41, 5.74) is 3.21. The number of fused-ring (bicyclic) bond motifs is 1. The maximum atomic E-state index is 10.3. The summed E-state index contributed by atoms with van der Waals surface area (Å²) in [7, 11) is 0. The van der Waals surface area contributed by atoms with E-state index in [-0.39, 0.29) is 17.9 Å². The van der Waals surface area contributed by atoms with Gasteiger partial charge >= 0.3 is 0 Å². The minimum atomic E-state index is -0.130. The van der Waals surface area contributed by atoms with Gasteiger partial charge in [-0.05, 0) is 74.9 Å². The zero-order valence-corrected chi connectivity index (χ0v) is 18.3. The zero-order chi connectivity index (χ0) is 21.5. The van der Waals surface area contributed by atoms with Crippen LogP contribution in [0.5, 0.6) is 5.75 Å². The van der Waals surface area contributed by atoms with Crippen LogP contribution in [-0.4, -0.2) is 56.9 Å². The molecule has 3 heterocycles. The molecule has 2 aromatic heterocycles. The number of rotatable bonds is 5. The van der Waals surface area contributed by atoms with Gasteiger partial charge in [0, 0.05) is 29.7 Å². The number of phenols is 1. The van der Waals surface area contributed by atoms with Crippen molar-refractivity contribution in [1.29, 1.82) is 0 Å². The molecule has 3 aromatic rings. The molecule has 0 radical (unpaired) electrons. The first-order valence-corrected chi connectivity index (χ1v) is 11.3. The summed E-state index contributed by atoms with van der Waals surface area (Å²) in [5.74, 6) is 0.510. The fraction of sp³-hybridized carbons (Fsp3) is 0.478. The smallest absolute Gasteiger partial charge is 0.297 e. The summed E-state index contributed by atoms with van der Waals surface area (Å²) in [6.45, 7) is 4.84. The Morgan fingerprint density at radius 1 is 1.23 bits per heavy atom. The Bertz CT molecular complexity index is 1080. The third-order valence-electron chi connectivity index (χ3n) is 6.49. The molecule has 1 saturated carbocycles. The minimum Gasteiger partial charge on any atom is -0.507 e. The van der Waals surface area contributed by atoms with Crippen molar-refractivity contribution in [2.75, 3.05) is 25.0 Å². The largest absolute Gasteiger partial charge is 0.507 e. The van der Waals surface area contributed by atoms with Crippen LogP contribution >= 0.6 is 11.6 Å². The topological polar surface area (TPSA) is 94.7 Å². The summed E-state index contributed by atoms with van der Waals surface area (Å²) in [4.78, 5) is 11.6. The lowest BCUT2D eigenvalue weighted by Gasteiger charge is -2.40. The van der Waals surface area contributed by atoms with Crippen molar-refractivity contribution in [2.24, 2.45) is 5.92 Å². The highest BCUT2D eigenvalue weighted by Gasteiger charge is 2.32. The summed E-state index contributed by atoms with van der Waals surface area (Å²) in [5, 5.41) is 24.1. The molecule has 7 nitrogen and oxygen atoms in total. The fourth-order valence-corrected chi connectivity index (χ4v) is 4.96. The molecule has 8 heteroatoms. The van der Waals surface area contributed by atoms with E-state index in [2.05, 4.69) is 20.2 Å². The number of hydrogen-bond acceptors (Lipinski definition) is 7. The Kier molecular flexibility index (Phi) is 5.50. The van der Waals surface area contributed by atoms with E-state index < -0.39 is 0 Å². The monoisotopic (exact) mass is 442 g/mol. The number of piperidine rings is 1. The van der Waals surface area contributed by atoms with Gasteiger partial charge in [-0.1, -0.05) is 11.6 Å². The summed E-state index contributed by atoms with van der Waals surface area (Å²) in [6.07, 6.45) is 4.09. The van der Waals surface area contributed by atoms with Crippen molar-refractivity contribution < 1.29 is 14.6 Å². The number of aromatic hydroxyl groups is 1. The number of halogens is 1. The molecule has 2 fully saturated rings. The lowest BCUT2D eigenvalue weighted by atomic mass is 9.81. The number of anilines is 1. The normalized spacial score (nSPS) is 24.3. The molecule has 0 spiro atoms. The van der Waals surface area contributed by atoms with Gasteiger partial charge in [-0.3, -0.25) is 0 Å². The number of likely N-dealkylation sites (tertiary alicyclic amines) is 1. The highest BCUT2D eigenvalue weighted by Crippen LogP contribution is 2.35. The number of oxazole rings is 1. The van der Waals surface area contributed by atoms with Crippen molar-refractivity contribution in [2.45, 2.75) is 44.8 Å². The van der Waals surface area contributed by atoms with Crippen LogP contribution in [0.3, 0.4) is 0 Å². The fourth-order valence-electron chi connectivity index (χ4n) is 4.69. The quantitative estimate of drug-likeness (QED) is 0.545. The van der Waals surface area contributed by atoms with Crippen LogP contribution in [0.25, 0.3) is 22.5 Å². The highest BCUT2D eigenvalue weighted by atomic mass is 35.5. The molecule has 31 heavy (non-hydrogen) atoms. The van der Waals surface area contributed by atoms with Gasteiger partial charge in [-0.15, -0.1) is 0 Å². The van der Waals surface area contributed by atoms with Crippen LogP contribution in [0.1, 0.15) is 31.2 Å². The third kappa shape index (κ3) is 4.22. The molecule has 1 aliphatic carbocycles. The number of phenolic OH excluding ortho intramolecular Hbond substituents is 1. The molecule has 0 bridgehead atoms. The van der Waals surface area contributed by atoms with E-state index in [0.717, 1.165) is 50.9 Å². The van der Waals surface area contributed by atoms with E-state index in [9.17, 15) is 10.2 Å². The van der Waals surface area contributed by atoms with Crippen LogP contribution in [0.4, 0.5) is 6.01 Å². The second kappa shape index (κ2) is 8.30. The molecule has 164 valence electrons. The van der Waals surface area contributed by atoms with Gasteiger partial charge in [0.05, 0.1) is 11.8 Å². The molecule has 0 amide bonds. The predicted octanol–water partition coefficient (Wildman–Crippen LogP) is 4.20. The Morgan fingerprint density at radius 2 is 2.10 bits per heavy atom. The summed E-state index contributed by atoms with van der Waals surface area (Å²) < 4.78 is 5.88. The van der Waals surface area contributed by atoms with Crippen LogP contribution in [0.15, 0.2) is 28.7 Å². The SMILES string of the molecule is Cc1cc(Cl)cc(O)c1-c1ccc2oc(N[C@@H]3CCCN(CC4CCC4O)C3)nc2n1. The first kappa shape index (κ1) is 20.5. The molecule has 2 unspecified atom stereocenters. The Labute approximate surface area is 186 Å². The van der Waals surface area contributed by atoms with E-state index in [0.29, 0.717) is 39.4 Å². The lowest BCUT2D eigenvalue weighted by molar-refractivity contribution is -0.000278. The number of hydrogen-bond donors (Lipinski definition) is 3. The number of nitrogens with zero attached hydrogens (tertiary/aromatic N) is 3. The summed E-state index contributed by atoms with van der Waals surface area (Å²) in [6, 6.07) is 7.68. The van der Waals surface area contributed by atoms with Gasteiger partial charge in [0.1, 0.15) is 5.75 Å². The minimum absolute atomic E-state index is 0.0950. The van der Waals surface area contributed by atoms with Crippen molar-refractivity contribution in [1.82, 2.24) is 14.9 Å². The molecule has 2 aliphatic rings. The molecule has 3 atom stereocenters. The predicted molar refractivity (Wildman–Crippen MR) is 120 cm³/mol. The van der Waals surface area contributed by atoms with Gasteiger partial charge < -0.3 is 24.8 Å². The number of benzene rings is 1. The van der Waals surface area contributed by atoms with Gasteiger partial charge in [-0.25, -0.2) is 4.98 Å². The first-order valence-electron chi connectivity index (χ1n) is 10.9. The molecule has 1 saturated heterocycles. The number of aromatic nitrogens is 2. The van der Waals surface area contributed by atoms with Crippen LogP contribution in [0.2, 0.25) is 5.02 Å². The van der Waals surface area contributed by atoms with E-state index in [1.54, 1.807) is 6.07 Å². The van der Waals surface area contributed by atoms with Crippen molar-refractivity contribution >= 4 is 28.8 Å². The van der Waals surface area contributed by atoms with Gasteiger partial charge in [0.25, 0.3) is 6.01 Å². The van der Waals surface area contributed by atoms with E-state index in [4.69, 9.17) is 16.0 Å². The van der Waals surface area contributed by atoms with Gasteiger partial charge in [-0.2, -0.15) is 4.98 Å². The second-order valence-corrected chi connectivity index (χ2v) is 9.24.